The predicted octanol–water partition coefficient (Wildman–Crippen LogP) is 2.18. The highest BCUT2D eigenvalue weighted by Crippen LogP contribution is 2.35. The highest BCUT2D eigenvalue weighted by molar-refractivity contribution is 6.10. The van der Waals surface area contributed by atoms with Gasteiger partial charge in [-0.2, -0.15) is 18.4 Å². The van der Waals surface area contributed by atoms with Crippen LogP contribution in [-0.2, 0) is 20.8 Å². The molecular formula is C23H29F3N4O4. The molecular weight excluding hydrogens is 453 g/mol. The summed E-state index contributed by atoms with van der Waals surface area (Å²) in [7, 11) is 0. The van der Waals surface area contributed by atoms with Crippen LogP contribution in [0.1, 0.15) is 44.1 Å². The zero-order valence-corrected chi connectivity index (χ0v) is 18.7. The number of nitrogens with zero attached hydrogens (tertiary/aromatic N) is 2. The van der Waals surface area contributed by atoms with E-state index in [0.29, 0.717) is 19.3 Å². The van der Waals surface area contributed by atoms with E-state index in [4.69, 9.17) is 5.73 Å². The van der Waals surface area contributed by atoms with E-state index in [1.54, 1.807) is 5.32 Å². The molecule has 0 aliphatic carbocycles. The number of hydrogen-bond acceptors (Lipinski definition) is 6. The van der Waals surface area contributed by atoms with E-state index in [1.165, 1.54) is 4.90 Å². The maximum Gasteiger partial charge on any atom is 0.471 e. The van der Waals surface area contributed by atoms with Gasteiger partial charge in [0.1, 0.15) is 0 Å². The molecule has 3 atom stereocenters. The van der Waals surface area contributed by atoms with Gasteiger partial charge >= 0.3 is 18.1 Å². The Morgan fingerprint density at radius 1 is 1.21 bits per heavy atom. The van der Waals surface area contributed by atoms with Crippen LogP contribution in [0.3, 0.4) is 0 Å². The molecule has 2 rings (SSSR count). The fourth-order valence-corrected chi connectivity index (χ4v) is 4.33. The zero-order valence-electron chi connectivity index (χ0n) is 18.7. The largest absolute Gasteiger partial charge is 0.480 e. The normalized spacial score (nSPS) is 20.3. The van der Waals surface area contributed by atoms with E-state index < -0.39 is 41.5 Å². The Bertz CT molecular complexity index is 904. The van der Waals surface area contributed by atoms with Crippen LogP contribution in [0.15, 0.2) is 30.3 Å². The van der Waals surface area contributed by atoms with Crippen molar-refractivity contribution in [2.75, 3.05) is 13.1 Å². The highest BCUT2D eigenvalue weighted by atomic mass is 19.4. The van der Waals surface area contributed by atoms with Gasteiger partial charge < -0.3 is 16.2 Å². The molecule has 186 valence electrons. The van der Waals surface area contributed by atoms with Gasteiger partial charge in [0.15, 0.2) is 11.3 Å². The summed E-state index contributed by atoms with van der Waals surface area (Å²) < 4.78 is 36.6. The fraction of sp³-hybridized carbons (Fsp3) is 0.565. The summed E-state index contributed by atoms with van der Waals surface area (Å²) in [5.74, 6) is -4.11. The van der Waals surface area contributed by atoms with E-state index in [0.717, 1.165) is 5.56 Å². The Balaban J connectivity index is 2.01. The minimum absolute atomic E-state index is 0.0278. The van der Waals surface area contributed by atoms with Crippen LogP contribution in [0, 0.1) is 11.3 Å². The Hall–Kier alpha value is -2.97. The van der Waals surface area contributed by atoms with E-state index in [-0.39, 0.29) is 38.8 Å². The van der Waals surface area contributed by atoms with Crippen molar-refractivity contribution in [2.45, 2.75) is 68.7 Å². The molecule has 4 N–H and O–H groups in total. The van der Waals surface area contributed by atoms with E-state index in [1.807, 2.05) is 30.3 Å². The minimum atomic E-state index is -4.97. The molecule has 0 radical (unpaired) electrons. The molecule has 1 aromatic rings. The summed E-state index contributed by atoms with van der Waals surface area (Å²) in [4.78, 5) is 37.8. The second-order valence-electron chi connectivity index (χ2n) is 8.35. The third-order valence-corrected chi connectivity index (χ3v) is 6.09. The lowest BCUT2D eigenvalue weighted by Gasteiger charge is -2.37. The third kappa shape index (κ3) is 6.55. The van der Waals surface area contributed by atoms with Gasteiger partial charge in [-0.25, -0.2) is 4.79 Å². The van der Waals surface area contributed by atoms with Crippen molar-refractivity contribution in [3.05, 3.63) is 35.9 Å². The molecule has 0 saturated carbocycles. The van der Waals surface area contributed by atoms with Crippen LogP contribution in [-0.4, -0.2) is 64.6 Å². The molecule has 1 unspecified atom stereocenters. The van der Waals surface area contributed by atoms with Crippen molar-refractivity contribution in [1.82, 2.24) is 10.2 Å². The molecule has 1 fully saturated rings. The van der Waals surface area contributed by atoms with Crippen molar-refractivity contribution in [1.29, 1.82) is 5.26 Å². The SMILES string of the molecule is N#CC(CCc1ccccc1)N1CCC[C@]1(C(=O)O)C(=O)[C@@H](N)CCCCNC(=O)C(F)(F)F. The second-order valence-corrected chi connectivity index (χ2v) is 8.35. The Morgan fingerprint density at radius 2 is 1.88 bits per heavy atom. The van der Waals surface area contributed by atoms with Gasteiger partial charge in [0.25, 0.3) is 0 Å². The monoisotopic (exact) mass is 482 g/mol. The number of Topliss-reactive ketones (excluding diaryl/α,β-unsaturated/α-hetero) is 1. The first-order chi connectivity index (χ1) is 16.0. The molecule has 1 aliphatic heterocycles. The van der Waals surface area contributed by atoms with Gasteiger partial charge in [-0.05, 0) is 50.5 Å². The molecule has 1 heterocycles. The van der Waals surface area contributed by atoms with Crippen LogP contribution in [0.5, 0.6) is 0 Å². The average molecular weight is 483 g/mol. The van der Waals surface area contributed by atoms with E-state index >= 15 is 0 Å². The van der Waals surface area contributed by atoms with Gasteiger partial charge in [-0.1, -0.05) is 30.3 Å². The molecule has 0 bridgehead atoms. The quantitative estimate of drug-likeness (QED) is 0.307. The lowest BCUT2D eigenvalue weighted by Crippen LogP contribution is -2.63. The Kier molecular flexibility index (Phi) is 9.58. The van der Waals surface area contributed by atoms with Crippen LogP contribution in [0.4, 0.5) is 13.2 Å². The van der Waals surface area contributed by atoms with Gasteiger partial charge in [0.2, 0.25) is 0 Å². The molecule has 1 saturated heterocycles. The molecule has 0 aromatic heterocycles. The van der Waals surface area contributed by atoms with Gasteiger partial charge in [-0.3, -0.25) is 14.5 Å². The average Bonchev–Trinajstić information content (AvgIpc) is 3.24. The summed E-state index contributed by atoms with van der Waals surface area (Å²) in [6.45, 7) is 0.0205. The first-order valence-corrected chi connectivity index (χ1v) is 11.1. The molecule has 8 nitrogen and oxygen atoms in total. The number of aryl methyl sites for hydroxylation is 1. The van der Waals surface area contributed by atoms with Gasteiger partial charge in [-0.15, -0.1) is 0 Å². The maximum absolute atomic E-state index is 13.2. The molecule has 1 aromatic carbocycles. The zero-order chi connectivity index (χ0) is 25.4. The van der Waals surface area contributed by atoms with Crippen LogP contribution in [0.25, 0.3) is 0 Å². The number of nitrogens with one attached hydrogen (secondary N) is 1. The fourth-order valence-electron chi connectivity index (χ4n) is 4.33. The standard InChI is InChI=1S/C23H29F3N4O4/c24-23(25,26)20(32)29-13-5-4-9-18(28)19(31)22(21(33)34)12-6-14-30(22)17(15-27)11-10-16-7-2-1-3-8-16/h1-3,7-8,17-18H,4-6,9-14,28H2,(H,29,32)(H,33,34)/t17?,18-,22+/m0/s1. The number of halogens is 3. The van der Waals surface area contributed by atoms with E-state index in [2.05, 4.69) is 6.07 Å². The smallest absolute Gasteiger partial charge is 0.471 e. The number of rotatable bonds is 12. The van der Waals surface area contributed by atoms with Gasteiger partial charge in [0, 0.05) is 13.1 Å². The summed E-state index contributed by atoms with van der Waals surface area (Å²) in [6.07, 6.45) is -3.24. The lowest BCUT2D eigenvalue weighted by atomic mass is 9.84. The number of carbonyl (C=O) groups excluding carboxylic acids is 2. The number of likely N-dealkylation sites (tertiary alicyclic amines) is 1. The molecule has 1 aliphatic rings. The topological polar surface area (TPSA) is 137 Å². The number of carboxylic acid groups (broad SMARTS) is 1. The predicted molar refractivity (Wildman–Crippen MR) is 116 cm³/mol. The molecule has 1 amide bonds. The number of carboxylic acids is 1. The van der Waals surface area contributed by atoms with Crippen LogP contribution in [0.2, 0.25) is 0 Å². The Morgan fingerprint density at radius 3 is 2.47 bits per heavy atom. The van der Waals surface area contributed by atoms with Crippen molar-refractivity contribution in [3.63, 3.8) is 0 Å². The van der Waals surface area contributed by atoms with Crippen LogP contribution < -0.4 is 11.1 Å². The number of ketones is 1. The lowest BCUT2D eigenvalue weighted by molar-refractivity contribution is -0.173. The number of alkyl halides is 3. The van der Waals surface area contributed by atoms with E-state index in [9.17, 15) is 37.9 Å². The van der Waals surface area contributed by atoms with Crippen molar-refractivity contribution in [3.8, 4) is 6.07 Å². The number of amides is 1. The van der Waals surface area contributed by atoms with Crippen LogP contribution >= 0.6 is 0 Å². The van der Waals surface area contributed by atoms with Gasteiger partial charge in [0.05, 0.1) is 18.2 Å². The number of unbranched alkanes of at least 4 members (excludes halogenated alkanes) is 1. The summed E-state index contributed by atoms with van der Waals surface area (Å²) in [5, 5.41) is 21.5. The summed E-state index contributed by atoms with van der Waals surface area (Å²) in [6, 6.07) is 9.58. The molecule has 0 spiro atoms. The summed E-state index contributed by atoms with van der Waals surface area (Å²) >= 11 is 0. The molecule has 34 heavy (non-hydrogen) atoms. The second kappa shape index (κ2) is 11.9. The number of nitriles is 1. The first-order valence-electron chi connectivity index (χ1n) is 11.1. The maximum atomic E-state index is 13.2. The third-order valence-electron chi connectivity index (χ3n) is 6.09. The molecule has 11 heteroatoms. The Labute approximate surface area is 195 Å². The van der Waals surface area contributed by atoms with Crippen molar-refractivity contribution in [2.24, 2.45) is 5.73 Å². The number of aliphatic carboxylic acids is 1. The first kappa shape index (κ1) is 27.3. The van der Waals surface area contributed by atoms with Crippen molar-refractivity contribution < 1.29 is 32.7 Å². The number of nitrogens with two attached hydrogens (primary N) is 1. The minimum Gasteiger partial charge on any atom is -0.480 e. The highest BCUT2D eigenvalue weighted by Gasteiger charge is 2.56. The number of hydrogen-bond donors (Lipinski definition) is 3. The van der Waals surface area contributed by atoms with Crippen molar-refractivity contribution >= 4 is 17.7 Å². The number of carbonyl (C=O) groups is 3. The number of benzene rings is 1. The summed E-state index contributed by atoms with van der Waals surface area (Å²) in [5.41, 5.74) is 5.08.